The zero-order valence-corrected chi connectivity index (χ0v) is 19.0. The lowest BCUT2D eigenvalue weighted by Crippen LogP contribution is -2.59. The fraction of sp³-hybridized carbons (Fsp3) is 0.391. The van der Waals surface area contributed by atoms with E-state index >= 15 is 0 Å². The molecule has 1 fully saturated rings. The van der Waals surface area contributed by atoms with Crippen LogP contribution in [0.2, 0.25) is 0 Å². The average Bonchev–Trinajstić information content (AvgIpc) is 3.22. The Labute approximate surface area is 192 Å². The van der Waals surface area contributed by atoms with E-state index in [0.717, 1.165) is 27.1 Å². The quantitative estimate of drug-likeness (QED) is 0.593. The molecule has 1 unspecified atom stereocenters. The van der Waals surface area contributed by atoms with Crippen LogP contribution < -0.4 is 9.47 Å². The van der Waals surface area contributed by atoms with Crippen LogP contribution in [-0.4, -0.2) is 47.0 Å². The monoisotopic (exact) mass is 505 g/mol. The molecular formula is C23H22BrF2N3O3. The van der Waals surface area contributed by atoms with Gasteiger partial charge >= 0.3 is 6.61 Å². The highest BCUT2D eigenvalue weighted by atomic mass is 79.9. The Bertz CT molecular complexity index is 1070. The number of amides is 1. The summed E-state index contributed by atoms with van der Waals surface area (Å²) in [6.45, 7) is -0.0568. The van der Waals surface area contributed by atoms with E-state index in [1.807, 2.05) is 17.0 Å². The van der Waals surface area contributed by atoms with E-state index < -0.39 is 12.3 Å². The average molecular weight is 506 g/mol. The van der Waals surface area contributed by atoms with Crippen LogP contribution in [0.25, 0.3) is 0 Å². The Morgan fingerprint density at radius 1 is 1.22 bits per heavy atom. The van der Waals surface area contributed by atoms with Crippen LogP contribution in [0, 0.1) is 0 Å². The van der Waals surface area contributed by atoms with Gasteiger partial charge in [-0.25, -0.2) is 5.01 Å². The summed E-state index contributed by atoms with van der Waals surface area (Å²) < 4.78 is 37.0. The molecule has 1 saturated heterocycles. The molecule has 0 aliphatic carbocycles. The summed E-state index contributed by atoms with van der Waals surface area (Å²) in [7, 11) is 0. The largest absolute Gasteiger partial charge is 0.466 e. The summed E-state index contributed by atoms with van der Waals surface area (Å²) >= 11 is 3.56. The van der Waals surface area contributed by atoms with Crippen molar-refractivity contribution in [3.63, 3.8) is 0 Å². The van der Waals surface area contributed by atoms with Crippen molar-refractivity contribution in [1.29, 1.82) is 0 Å². The first-order valence-corrected chi connectivity index (χ1v) is 11.3. The minimum Gasteiger partial charge on any atom is -0.466 e. The Hall–Kier alpha value is -2.68. The van der Waals surface area contributed by atoms with Gasteiger partial charge in [0.05, 0.1) is 11.8 Å². The number of halogens is 3. The van der Waals surface area contributed by atoms with Gasteiger partial charge in [0.15, 0.2) is 0 Å². The lowest BCUT2D eigenvalue weighted by Gasteiger charge is -2.51. The molecule has 0 saturated carbocycles. The second kappa shape index (κ2) is 8.03. The van der Waals surface area contributed by atoms with Crippen molar-refractivity contribution < 1.29 is 23.0 Å². The van der Waals surface area contributed by atoms with Gasteiger partial charge in [0, 0.05) is 49.3 Å². The molecular weight excluding hydrogens is 484 g/mol. The van der Waals surface area contributed by atoms with Crippen LogP contribution >= 0.6 is 15.9 Å². The van der Waals surface area contributed by atoms with Crippen LogP contribution in [0.1, 0.15) is 43.4 Å². The molecule has 9 heteroatoms. The number of piperidine rings is 1. The molecule has 2 aromatic rings. The maximum absolute atomic E-state index is 12.5. The van der Waals surface area contributed by atoms with Crippen molar-refractivity contribution in [2.45, 2.75) is 44.6 Å². The number of hydrogen-bond acceptors (Lipinski definition) is 5. The zero-order valence-electron chi connectivity index (χ0n) is 17.4. The summed E-state index contributed by atoms with van der Waals surface area (Å²) in [4.78, 5) is 13.7. The van der Waals surface area contributed by atoms with E-state index in [2.05, 4.69) is 31.7 Å². The number of nitrogens with zero attached hydrogens (tertiary/aromatic N) is 3. The summed E-state index contributed by atoms with van der Waals surface area (Å²) in [5, 5.41) is 7.02. The molecule has 3 heterocycles. The minimum atomic E-state index is -2.86. The predicted octanol–water partition coefficient (Wildman–Crippen LogP) is 4.93. The van der Waals surface area contributed by atoms with Gasteiger partial charge in [-0.15, -0.1) is 0 Å². The SMILES string of the molecule is CC(=O)N1CCC2(CC1)Oc1ccc(Br)cc1C1CC(c3ccc(OC(F)F)cc3)=NN12. The Kier molecular flexibility index (Phi) is 5.31. The Morgan fingerprint density at radius 3 is 2.59 bits per heavy atom. The number of fused-ring (bicyclic) bond motifs is 4. The standard InChI is InChI=1S/C23H22BrF2N3O3/c1-14(30)28-10-8-23(9-11-28)29-20(18-12-16(24)4-7-21(18)32-23)13-19(27-29)15-2-5-17(6-3-15)31-22(25)26/h2-7,12,20,22H,8-11,13H2,1H3. The van der Waals surface area contributed by atoms with E-state index in [1.54, 1.807) is 19.1 Å². The second-order valence-electron chi connectivity index (χ2n) is 8.25. The predicted molar refractivity (Wildman–Crippen MR) is 118 cm³/mol. The lowest BCUT2D eigenvalue weighted by atomic mass is 9.90. The highest BCUT2D eigenvalue weighted by Crippen LogP contribution is 2.50. The normalized spacial score (nSPS) is 21.2. The molecule has 32 heavy (non-hydrogen) atoms. The number of ether oxygens (including phenoxy) is 2. The van der Waals surface area contributed by atoms with Gasteiger partial charge in [-0.05, 0) is 48.0 Å². The molecule has 0 aromatic heterocycles. The van der Waals surface area contributed by atoms with Crippen molar-refractivity contribution in [3.8, 4) is 11.5 Å². The second-order valence-corrected chi connectivity index (χ2v) is 9.17. The summed E-state index contributed by atoms with van der Waals surface area (Å²) in [5.74, 6) is 1.02. The molecule has 6 nitrogen and oxygen atoms in total. The zero-order chi connectivity index (χ0) is 22.5. The van der Waals surface area contributed by atoms with Gasteiger partial charge in [0.2, 0.25) is 11.6 Å². The summed E-state index contributed by atoms with van der Waals surface area (Å²) in [6.07, 6.45) is 1.97. The number of carbonyl (C=O) groups excluding carboxylic acids is 1. The van der Waals surface area contributed by atoms with Crippen molar-refractivity contribution in [3.05, 3.63) is 58.1 Å². The first-order valence-electron chi connectivity index (χ1n) is 10.5. The number of hydrazone groups is 1. The van der Waals surface area contributed by atoms with Crippen LogP contribution in [0.5, 0.6) is 11.5 Å². The first kappa shape index (κ1) is 21.2. The maximum Gasteiger partial charge on any atom is 0.387 e. The summed E-state index contributed by atoms with van der Waals surface area (Å²) in [6, 6.07) is 12.6. The third-order valence-electron chi connectivity index (χ3n) is 6.36. The molecule has 0 N–H and O–H groups in total. The number of benzene rings is 2. The van der Waals surface area contributed by atoms with Crippen molar-refractivity contribution >= 4 is 27.5 Å². The summed E-state index contributed by atoms with van der Waals surface area (Å²) in [5.41, 5.74) is 2.14. The number of carbonyl (C=O) groups is 1. The van der Waals surface area contributed by atoms with Gasteiger partial charge in [0.25, 0.3) is 0 Å². The fourth-order valence-corrected chi connectivity index (χ4v) is 5.14. The van der Waals surface area contributed by atoms with Crippen molar-refractivity contribution in [1.82, 2.24) is 9.91 Å². The minimum absolute atomic E-state index is 0.00730. The smallest absolute Gasteiger partial charge is 0.387 e. The molecule has 3 aliphatic heterocycles. The highest BCUT2D eigenvalue weighted by Gasteiger charge is 2.52. The van der Waals surface area contributed by atoms with E-state index in [0.29, 0.717) is 32.4 Å². The lowest BCUT2D eigenvalue weighted by molar-refractivity contribution is -0.158. The first-order chi connectivity index (χ1) is 15.3. The van der Waals surface area contributed by atoms with Crippen molar-refractivity contribution in [2.75, 3.05) is 13.1 Å². The molecule has 1 atom stereocenters. The molecule has 0 radical (unpaired) electrons. The third-order valence-corrected chi connectivity index (χ3v) is 6.85. The topological polar surface area (TPSA) is 54.4 Å². The van der Waals surface area contributed by atoms with Gasteiger partial charge in [-0.2, -0.15) is 13.9 Å². The van der Waals surface area contributed by atoms with Gasteiger partial charge in [-0.1, -0.05) is 15.9 Å². The Balaban J connectivity index is 1.49. The molecule has 2 aromatic carbocycles. The molecule has 1 spiro atoms. The van der Waals surface area contributed by atoms with E-state index in [1.165, 1.54) is 12.1 Å². The van der Waals surface area contributed by atoms with E-state index in [4.69, 9.17) is 9.84 Å². The number of likely N-dealkylation sites (tertiary alicyclic amines) is 1. The number of alkyl halides is 2. The number of rotatable bonds is 3. The third kappa shape index (κ3) is 3.72. The van der Waals surface area contributed by atoms with Crippen LogP contribution in [0.15, 0.2) is 52.0 Å². The molecule has 3 aliphatic rings. The molecule has 168 valence electrons. The highest BCUT2D eigenvalue weighted by molar-refractivity contribution is 9.10. The van der Waals surface area contributed by atoms with Gasteiger partial charge in [-0.3, -0.25) is 4.79 Å². The molecule has 1 amide bonds. The van der Waals surface area contributed by atoms with Gasteiger partial charge < -0.3 is 14.4 Å². The maximum atomic E-state index is 12.5. The number of hydrogen-bond donors (Lipinski definition) is 0. The van der Waals surface area contributed by atoms with Crippen molar-refractivity contribution in [2.24, 2.45) is 5.10 Å². The molecule has 0 bridgehead atoms. The van der Waals surface area contributed by atoms with Crippen LogP contribution in [-0.2, 0) is 4.79 Å². The van der Waals surface area contributed by atoms with Crippen LogP contribution in [0.3, 0.4) is 0 Å². The van der Waals surface area contributed by atoms with E-state index in [-0.39, 0.29) is 17.7 Å². The fourth-order valence-electron chi connectivity index (χ4n) is 4.76. The van der Waals surface area contributed by atoms with Crippen LogP contribution in [0.4, 0.5) is 8.78 Å². The Morgan fingerprint density at radius 2 is 1.94 bits per heavy atom. The van der Waals surface area contributed by atoms with Gasteiger partial charge in [0.1, 0.15) is 11.5 Å². The van der Waals surface area contributed by atoms with E-state index in [9.17, 15) is 13.6 Å². The molecule has 5 rings (SSSR count).